The van der Waals surface area contributed by atoms with Crippen LogP contribution in [0.4, 0.5) is 0 Å². The summed E-state index contributed by atoms with van der Waals surface area (Å²) in [5, 5.41) is 2.58. The number of pyridine rings is 1. The third-order valence-electron chi connectivity index (χ3n) is 12.1. The third-order valence-corrected chi connectivity index (χ3v) is 12.1. The Balaban J connectivity index is 0.00000372. The van der Waals surface area contributed by atoms with E-state index in [4.69, 9.17) is 0 Å². The maximum atomic E-state index is 4.56. The summed E-state index contributed by atoms with van der Waals surface area (Å²) < 4.78 is 2.42. The van der Waals surface area contributed by atoms with Gasteiger partial charge in [0.2, 0.25) is 0 Å². The van der Waals surface area contributed by atoms with Crippen molar-refractivity contribution in [1.29, 1.82) is 0 Å². The monoisotopic (exact) mass is 882 g/mol. The first-order valence-electron chi connectivity index (χ1n) is 19.2. The van der Waals surface area contributed by atoms with E-state index in [-0.39, 0.29) is 25.5 Å². The zero-order chi connectivity index (χ0) is 35.6. The molecule has 0 amide bonds. The molecule has 11 rings (SSSR count). The molecular formula is C52H37IrN2-. The number of nitrogens with zero attached hydrogens (tertiary/aromatic N) is 2. The van der Waals surface area contributed by atoms with Crippen molar-refractivity contribution in [3.05, 3.63) is 193 Å². The fourth-order valence-electron chi connectivity index (χ4n) is 9.59. The van der Waals surface area contributed by atoms with E-state index in [0.717, 1.165) is 11.3 Å². The van der Waals surface area contributed by atoms with Gasteiger partial charge in [0.15, 0.2) is 0 Å². The van der Waals surface area contributed by atoms with Crippen LogP contribution in [0, 0.1) is 6.07 Å². The minimum Gasteiger partial charge on any atom is -0.309 e. The van der Waals surface area contributed by atoms with Gasteiger partial charge in [-0.05, 0) is 117 Å². The van der Waals surface area contributed by atoms with Gasteiger partial charge in [0.25, 0.3) is 0 Å². The Morgan fingerprint density at radius 2 is 1.05 bits per heavy atom. The Bertz CT molecular complexity index is 2840. The molecule has 2 nitrogen and oxygen atoms in total. The molecule has 0 atom stereocenters. The maximum absolute atomic E-state index is 4.56. The molecule has 2 aliphatic carbocycles. The number of aromatic nitrogens is 2. The summed E-state index contributed by atoms with van der Waals surface area (Å²) in [6.45, 7) is 0. The van der Waals surface area contributed by atoms with Crippen LogP contribution in [0.1, 0.15) is 36.8 Å². The molecule has 2 aliphatic rings. The molecule has 2 aromatic heterocycles. The Morgan fingerprint density at radius 3 is 1.69 bits per heavy atom. The van der Waals surface area contributed by atoms with Gasteiger partial charge in [-0.3, -0.25) is 0 Å². The van der Waals surface area contributed by atoms with Crippen molar-refractivity contribution in [3.63, 3.8) is 0 Å². The summed E-state index contributed by atoms with van der Waals surface area (Å²) >= 11 is 0. The molecule has 0 N–H and O–H groups in total. The van der Waals surface area contributed by atoms with E-state index < -0.39 is 0 Å². The summed E-state index contributed by atoms with van der Waals surface area (Å²) in [6.07, 6.45) is 6.74. The standard InChI is InChI=1S/C52H37N2.Ir/c1-3-21-50-45(18-1)46-19-2-4-22-51(46)54(50)42-17-11-15-38(32-42)40-24-26-44-43-25-23-39(33-47(43)52(48(44)34-40)27-6-7-28-52)36-13-9-12-35(30-36)37-14-10-16-41(31-37)49-20-5-8-29-53-49;/h1-5,8-15,17-26,29-34H,6-7,27-28H2;/q-1;. The second-order valence-corrected chi connectivity index (χ2v) is 15.0. The average Bonchev–Trinajstić information content (AvgIpc) is 3.95. The van der Waals surface area contributed by atoms with Crippen LogP contribution < -0.4 is 0 Å². The molecule has 1 saturated carbocycles. The van der Waals surface area contributed by atoms with Gasteiger partial charge in [-0.2, -0.15) is 0 Å². The summed E-state index contributed by atoms with van der Waals surface area (Å²) in [5.74, 6) is 0. The maximum Gasteiger partial charge on any atom is 0.0541 e. The first-order valence-corrected chi connectivity index (χ1v) is 19.2. The molecule has 2 heterocycles. The first-order chi connectivity index (χ1) is 26.7. The molecule has 1 spiro atoms. The van der Waals surface area contributed by atoms with Crippen LogP contribution >= 0.6 is 0 Å². The smallest absolute Gasteiger partial charge is 0.0541 e. The van der Waals surface area contributed by atoms with Crippen molar-refractivity contribution in [1.82, 2.24) is 9.55 Å². The molecule has 3 heteroatoms. The predicted molar refractivity (Wildman–Crippen MR) is 224 cm³/mol. The number of para-hydroxylation sites is 2. The summed E-state index contributed by atoms with van der Waals surface area (Å²) in [6, 6.07) is 65.9. The molecular weight excluding hydrogens is 845 g/mol. The van der Waals surface area contributed by atoms with E-state index in [1.807, 2.05) is 30.5 Å². The molecule has 0 saturated heterocycles. The van der Waals surface area contributed by atoms with Crippen LogP contribution in [0.25, 0.3) is 83.3 Å². The fourth-order valence-corrected chi connectivity index (χ4v) is 9.59. The van der Waals surface area contributed by atoms with E-state index >= 15 is 0 Å². The Hall–Kier alpha value is -5.86. The molecule has 265 valence electrons. The molecule has 0 bridgehead atoms. The zero-order valence-electron chi connectivity index (χ0n) is 30.3. The van der Waals surface area contributed by atoms with Crippen LogP contribution in [0.3, 0.4) is 0 Å². The second-order valence-electron chi connectivity index (χ2n) is 15.0. The summed E-state index contributed by atoms with van der Waals surface area (Å²) in [7, 11) is 0. The molecule has 1 radical (unpaired) electrons. The normalized spacial score (nSPS) is 13.9. The van der Waals surface area contributed by atoms with Gasteiger partial charge in [-0.25, -0.2) is 0 Å². The van der Waals surface area contributed by atoms with Gasteiger partial charge in [0.1, 0.15) is 0 Å². The fraction of sp³-hybridized carbons (Fsp3) is 0.0962. The van der Waals surface area contributed by atoms with Gasteiger partial charge in [0, 0.05) is 48.2 Å². The van der Waals surface area contributed by atoms with Gasteiger partial charge in [-0.15, -0.1) is 35.4 Å². The number of rotatable bonds is 5. The van der Waals surface area contributed by atoms with Crippen molar-refractivity contribution in [2.45, 2.75) is 31.1 Å². The van der Waals surface area contributed by atoms with Crippen LogP contribution in [0.2, 0.25) is 0 Å². The van der Waals surface area contributed by atoms with Gasteiger partial charge >= 0.3 is 0 Å². The molecule has 55 heavy (non-hydrogen) atoms. The Kier molecular flexibility index (Phi) is 8.25. The van der Waals surface area contributed by atoms with E-state index in [1.165, 1.54) is 109 Å². The van der Waals surface area contributed by atoms with E-state index in [1.54, 1.807) is 0 Å². The van der Waals surface area contributed by atoms with Crippen molar-refractivity contribution in [2.75, 3.05) is 0 Å². The van der Waals surface area contributed by atoms with Gasteiger partial charge in [-0.1, -0.05) is 116 Å². The molecule has 1 fully saturated rings. The Labute approximate surface area is 335 Å². The molecule has 0 unspecified atom stereocenters. The quantitative estimate of drug-likeness (QED) is 0.158. The number of hydrogen-bond acceptors (Lipinski definition) is 1. The largest absolute Gasteiger partial charge is 0.309 e. The van der Waals surface area contributed by atoms with Crippen molar-refractivity contribution in [2.24, 2.45) is 0 Å². The molecule has 9 aromatic rings. The molecule has 7 aromatic carbocycles. The minimum absolute atomic E-state index is 0. The first kappa shape index (κ1) is 33.7. The van der Waals surface area contributed by atoms with Gasteiger partial charge < -0.3 is 9.55 Å². The third kappa shape index (κ3) is 5.45. The Morgan fingerprint density at radius 1 is 0.491 bits per heavy atom. The summed E-state index contributed by atoms with van der Waals surface area (Å²) in [4.78, 5) is 4.56. The van der Waals surface area contributed by atoms with E-state index in [9.17, 15) is 0 Å². The van der Waals surface area contributed by atoms with Crippen molar-refractivity contribution < 1.29 is 20.1 Å². The predicted octanol–water partition coefficient (Wildman–Crippen LogP) is 13.5. The average molecular weight is 882 g/mol. The van der Waals surface area contributed by atoms with Crippen LogP contribution in [0.15, 0.2) is 176 Å². The summed E-state index contributed by atoms with van der Waals surface area (Å²) in [5.41, 5.74) is 18.9. The second kappa shape index (κ2) is 13.5. The number of benzene rings is 7. The topological polar surface area (TPSA) is 17.8 Å². The van der Waals surface area contributed by atoms with Crippen LogP contribution in [-0.4, -0.2) is 9.55 Å². The van der Waals surface area contributed by atoms with E-state index in [0.29, 0.717) is 0 Å². The minimum atomic E-state index is 0. The van der Waals surface area contributed by atoms with Gasteiger partial charge in [0.05, 0.1) is 11.0 Å². The van der Waals surface area contributed by atoms with Crippen LogP contribution in [0.5, 0.6) is 0 Å². The van der Waals surface area contributed by atoms with Crippen molar-refractivity contribution >= 4 is 21.8 Å². The SMILES string of the molecule is [Ir].[c-]1ccc(-c2cccc(-c3ccc4c(c3)C3(CCCC3)c3cc(-c5cccc(-n6c7ccccc7c7ccccc76)c5)ccc3-4)c2)cc1-c1ccccn1. The van der Waals surface area contributed by atoms with Crippen LogP contribution in [-0.2, 0) is 25.5 Å². The molecule has 0 aliphatic heterocycles. The zero-order valence-corrected chi connectivity index (χ0v) is 32.7. The van der Waals surface area contributed by atoms with Crippen molar-refractivity contribution in [3.8, 4) is 61.5 Å². The number of fused-ring (bicyclic) bond motifs is 8. The number of hydrogen-bond donors (Lipinski definition) is 0. The van der Waals surface area contributed by atoms with E-state index in [2.05, 4.69) is 161 Å².